The quantitative estimate of drug-likeness (QED) is 0.400. The number of ether oxygens (including phenoxy) is 2. The van der Waals surface area contributed by atoms with Crippen molar-refractivity contribution in [1.82, 2.24) is 0 Å². The van der Waals surface area contributed by atoms with Gasteiger partial charge in [0.25, 0.3) is 5.91 Å². The number of rotatable bonds is 8. The van der Waals surface area contributed by atoms with E-state index in [-0.39, 0.29) is 5.91 Å². The van der Waals surface area contributed by atoms with E-state index < -0.39 is 0 Å². The Kier molecular flexibility index (Phi) is 7.66. The molecule has 0 aromatic heterocycles. The third-order valence-corrected chi connectivity index (χ3v) is 5.74. The van der Waals surface area contributed by atoms with E-state index in [2.05, 4.69) is 36.5 Å². The Morgan fingerprint density at radius 3 is 2.47 bits per heavy atom. The highest BCUT2D eigenvalue weighted by molar-refractivity contribution is 7.98. The minimum Gasteiger partial charge on any atom is -0.495 e. The second-order valence-electron chi connectivity index (χ2n) is 6.66. The van der Waals surface area contributed by atoms with E-state index in [1.54, 1.807) is 43.1 Å². The molecule has 1 N–H and O–H groups in total. The molecule has 1 amide bonds. The first-order valence-electron chi connectivity index (χ1n) is 9.60. The fraction of sp³-hybridized carbons (Fsp3) is 0.208. The minimum atomic E-state index is -0.236. The van der Waals surface area contributed by atoms with Crippen LogP contribution in [0.4, 0.5) is 5.69 Å². The van der Waals surface area contributed by atoms with E-state index in [1.807, 2.05) is 19.1 Å². The van der Waals surface area contributed by atoms with Crippen LogP contribution in [0.3, 0.4) is 0 Å². The van der Waals surface area contributed by atoms with Crippen molar-refractivity contribution >= 4 is 35.0 Å². The lowest BCUT2D eigenvalue weighted by Gasteiger charge is -2.14. The third-order valence-electron chi connectivity index (χ3n) is 4.45. The van der Waals surface area contributed by atoms with Crippen LogP contribution in [0.2, 0.25) is 5.02 Å². The zero-order chi connectivity index (χ0) is 21.5. The third kappa shape index (κ3) is 5.71. The maximum Gasteiger partial charge on any atom is 0.255 e. The summed E-state index contributed by atoms with van der Waals surface area (Å²) in [6.07, 6.45) is 0. The number of halogens is 1. The Labute approximate surface area is 186 Å². The van der Waals surface area contributed by atoms with Crippen LogP contribution < -0.4 is 14.8 Å². The van der Waals surface area contributed by atoms with E-state index in [0.717, 1.165) is 11.3 Å². The molecule has 0 bridgehead atoms. The van der Waals surface area contributed by atoms with Crippen LogP contribution in [-0.2, 0) is 5.75 Å². The average molecular weight is 442 g/mol. The van der Waals surface area contributed by atoms with Gasteiger partial charge in [-0.3, -0.25) is 4.79 Å². The number of benzene rings is 3. The second kappa shape index (κ2) is 10.4. The van der Waals surface area contributed by atoms with Crippen molar-refractivity contribution in [2.45, 2.75) is 24.5 Å². The molecule has 6 heteroatoms. The van der Waals surface area contributed by atoms with Gasteiger partial charge in [0.2, 0.25) is 0 Å². The topological polar surface area (TPSA) is 47.6 Å². The summed E-state index contributed by atoms with van der Waals surface area (Å²) in [5.74, 6) is 1.79. The van der Waals surface area contributed by atoms with Crippen LogP contribution >= 0.6 is 23.4 Å². The van der Waals surface area contributed by atoms with Crippen LogP contribution in [0.15, 0.2) is 65.6 Å². The highest BCUT2D eigenvalue weighted by Crippen LogP contribution is 2.31. The summed E-state index contributed by atoms with van der Waals surface area (Å²) in [6, 6.07) is 19.0. The lowest BCUT2D eigenvalue weighted by atomic mass is 10.1. The Bertz CT molecular complexity index is 1020. The first-order chi connectivity index (χ1) is 14.5. The van der Waals surface area contributed by atoms with Gasteiger partial charge in [-0.25, -0.2) is 0 Å². The van der Waals surface area contributed by atoms with Gasteiger partial charge in [-0.2, -0.15) is 0 Å². The molecule has 0 fully saturated rings. The van der Waals surface area contributed by atoms with E-state index in [4.69, 9.17) is 21.1 Å². The zero-order valence-corrected chi connectivity index (χ0v) is 18.8. The lowest BCUT2D eigenvalue weighted by Crippen LogP contribution is -2.13. The zero-order valence-electron chi connectivity index (χ0n) is 17.2. The van der Waals surface area contributed by atoms with E-state index in [0.29, 0.717) is 34.4 Å². The molecule has 0 spiro atoms. The number of carbonyl (C=O) groups excluding carboxylic acids is 1. The molecule has 3 aromatic carbocycles. The summed E-state index contributed by atoms with van der Waals surface area (Å²) in [5, 5.41) is 3.40. The number of hydrogen-bond acceptors (Lipinski definition) is 4. The van der Waals surface area contributed by atoms with Crippen molar-refractivity contribution in [2.24, 2.45) is 0 Å². The van der Waals surface area contributed by atoms with Gasteiger partial charge in [-0.1, -0.05) is 29.3 Å². The molecule has 0 aliphatic carbocycles. The SMILES string of the molecule is CCOc1ccc(C(=O)Nc2cc(Cl)ccc2OC)cc1CSc1ccc(C)cc1. The number of aryl methyl sites for hydroxylation is 1. The van der Waals surface area contributed by atoms with Crippen molar-refractivity contribution in [3.63, 3.8) is 0 Å². The molecule has 0 unspecified atom stereocenters. The van der Waals surface area contributed by atoms with Gasteiger partial charge in [-0.05, 0) is 62.4 Å². The summed E-state index contributed by atoms with van der Waals surface area (Å²) in [5.41, 5.74) is 3.26. The average Bonchev–Trinajstić information content (AvgIpc) is 2.74. The number of nitrogens with one attached hydrogen (secondary N) is 1. The largest absolute Gasteiger partial charge is 0.495 e. The fourth-order valence-electron chi connectivity index (χ4n) is 2.90. The molecular formula is C24H24ClNO3S. The second-order valence-corrected chi connectivity index (χ2v) is 8.14. The Balaban J connectivity index is 1.81. The Hall–Kier alpha value is -2.63. The van der Waals surface area contributed by atoms with Gasteiger partial charge in [0, 0.05) is 26.8 Å². The molecule has 0 heterocycles. The first kappa shape index (κ1) is 22.1. The molecule has 3 aromatic rings. The predicted octanol–water partition coefficient (Wildman–Crippen LogP) is 6.60. The Morgan fingerprint density at radius 1 is 1.03 bits per heavy atom. The lowest BCUT2D eigenvalue weighted by molar-refractivity contribution is 0.102. The normalized spacial score (nSPS) is 10.5. The molecule has 4 nitrogen and oxygen atoms in total. The number of thioether (sulfide) groups is 1. The maximum atomic E-state index is 12.9. The van der Waals surface area contributed by atoms with Crippen LogP contribution in [0, 0.1) is 6.92 Å². The number of carbonyl (C=O) groups is 1. The van der Waals surface area contributed by atoms with Gasteiger partial charge < -0.3 is 14.8 Å². The molecule has 0 atom stereocenters. The van der Waals surface area contributed by atoms with Crippen LogP contribution in [0.1, 0.15) is 28.4 Å². The van der Waals surface area contributed by atoms with E-state index in [9.17, 15) is 4.79 Å². The molecule has 0 aliphatic heterocycles. The van der Waals surface area contributed by atoms with Crippen molar-refractivity contribution in [3.8, 4) is 11.5 Å². The molecule has 0 saturated heterocycles. The number of anilines is 1. The van der Waals surface area contributed by atoms with Gasteiger partial charge in [0.15, 0.2) is 0 Å². The summed E-state index contributed by atoms with van der Waals surface area (Å²) < 4.78 is 11.1. The maximum absolute atomic E-state index is 12.9. The molecule has 30 heavy (non-hydrogen) atoms. The molecule has 156 valence electrons. The first-order valence-corrected chi connectivity index (χ1v) is 11.0. The highest BCUT2D eigenvalue weighted by Gasteiger charge is 2.14. The van der Waals surface area contributed by atoms with Gasteiger partial charge in [-0.15, -0.1) is 11.8 Å². The number of amides is 1. The van der Waals surface area contributed by atoms with Crippen LogP contribution in [0.25, 0.3) is 0 Å². The minimum absolute atomic E-state index is 0.236. The van der Waals surface area contributed by atoms with Crippen molar-refractivity contribution in [3.05, 3.63) is 82.4 Å². The van der Waals surface area contributed by atoms with Gasteiger partial charge in [0.05, 0.1) is 19.4 Å². The summed E-state index contributed by atoms with van der Waals surface area (Å²) in [4.78, 5) is 14.0. The summed E-state index contributed by atoms with van der Waals surface area (Å²) in [6.45, 7) is 4.58. The van der Waals surface area contributed by atoms with Crippen molar-refractivity contribution in [1.29, 1.82) is 0 Å². The molecule has 3 rings (SSSR count). The molecule has 0 saturated carbocycles. The monoisotopic (exact) mass is 441 g/mol. The molecular weight excluding hydrogens is 418 g/mol. The predicted molar refractivity (Wildman–Crippen MR) is 124 cm³/mol. The fourth-order valence-corrected chi connectivity index (χ4v) is 3.95. The van der Waals surface area contributed by atoms with Gasteiger partial charge in [0.1, 0.15) is 11.5 Å². The van der Waals surface area contributed by atoms with Gasteiger partial charge >= 0.3 is 0 Å². The van der Waals surface area contributed by atoms with Crippen molar-refractivity contribution < 1.29 is 14.3 Å². The van der Waals surface area contributed by atoms with Crippen LogP contribution in [-0.4, -0.2) is 19.6 Å². The van der Waals surface area contributed by atoms with E-state index >= 15 is 0 Å². The van der Waals surface area contributed by atoms with Crippen LogP contribution in [0.5, 0.6) is 11.5 Å². The van der Waals surface area contributed by atoms with Crippen molar-refractivity contribution in [2.75, 3.05) is 19.0 Å². The van der Waals surface area contributed by atoms with E-state index in [1.165, 1.54) is 10.5 Å². The number of hydrogen-bond donors (Lipinski definition) is 1. The molecule has 0 radical (unpaired) electrons. The number of methoxy groups -OCH3 is 1. The smallest absolute Gasteiger partial charge is 0.255 e. The standard InChI is InChI=1S/C24H24ClNO3S/c1-4-29-22-11-7-17(13-18(22)15-30-20-9-5-16(2)6-10-20)24(27)26-21-14-19(25)8-12-23(21)28-3/h5-14H,4,15H2,1-3H3,(H,26,27). The highest BCUT2D eigenvalue weighted by atomic mass is 35.5. The Morgan fingerprint density at radius 2 is 1.77 bits per heavy atom. The summed E-state index contributed by atoms with van der Waals surface area (Å²) >= 11 is 7.77. The summed E-state index contributed by atoms with van der Waals surface area (Å²) in [7, 11) is 1.55. The molecule has 0 aliphatic rings.